The molecule has 0 N–H and O–H groups in total. The molecule has 0 aromatic heterocycles. The summed E-state index contributed by atoms with van der Waals surface area (Å²) in [5.74, 6) is 2.44. The van der Waals surface area contributed by atoms with Gasteiger partial charge in [0.15, 0.2) is 11.5 Å². The third-order valence-electron chi connectivity index (χ3n) is 4.30. The van der Waals surface area contributed by atoms with Crippen molar-refractivity contribution in [2.45, 2.75) is 19.0 Å². The maximum absolute atomic E-state index is 5.50. The van der Waals surface area contributed by atoms with Gasteiger partial charge in [-0.1, -0.05) is 24.3 Å². The molecule has 20 heavy (non-hydrogen) atoms. The molecule has 4 rings (SSSR count). The predicted molar refractivity (Wildman–Crippen MR) is 85.9 cm³/mol. The van der Waals surface area contributed by atoms with E-state index in [9.17, 15) is 0 Å². The largest absolute Gasteiger partial charge is 0.454 e. The molecule has 0 saturated carbocycles. The third kappa shape index (κ3) is 2.15. The van der Waals surface area contributed by atoms with Crippen LogP contribution < -0.4 is 9.47 Å². The fourth-order valence-corrected chi connectivity index (χ4v) is 3.86. The van der Waals surface area contributed by atoms with Crippen molar-refractivity contribution in [1.29, 1.82) is 0 Å². The second-order valence-electron chi connectivity index (χ2n) is 5.48. The Balaban J connectivity index is 1.58. The Morgan fingerprint density at radius 3 is 2.85 bits per heavy atom. The van der Waals surface area contributed by atoms with Gasteiger partial charge in [0.25, 0.3) is 0 Å². The van der Waals surface area contributed by atoms with Crippen molar-refractivity contribution >= 4 is 22.6 Å². The molecule has 1 aliphatic carbocycles. The normalized spacial score (nSPS) is 27.1. The highest BCUT2D eigenvalue weighted by atomic mass is 127. The molecule has 2 aliphatic heterocycles. The maximum atomic E-state index is 5.50. The van der Waals surface area contributed by atoms with Crippen LogP contribution in [0.15, 0.2) is 36.4 Å². The van der Waals surface area contributed by atoms with Crippen molar-refractivity contribution in [2.75, 3.05) is 13.3 Å². The quantitative estimate of drug-likeness (QED) is 0.734. The number of likely N-dealkylation sites (tertiary alicyclic amines) is 1. The monoisotopic (exact) mass is 381 g/mol. The van der Waals surface area contributed by atoms with Gasteiger partial charge in [0.2, 0.25) is 6.79 Å². The fraction of sp³-hybridized carbons (Fsp3) is 0.375. The summed E-state index contributed by atoms with van der Waals surface area (Å²) < 4.78 is 12.2. The van der Waals surface area contributed by atoms with Crippen LogP contribution in [0.4, 0.5) is 0 Å². The van der Waals surface area contributed by atoms with Crippen LogP contribution in [-0.4, -0.2) is 24.3 Å². The average Bonchev–Trinajstić information content (AvgIpc) is 3.06. The van der Waals surface area contributed by atoms with Gasteiger partial charge in [-0.2, -0.15) is 0 Å². The number of nitrogens with zero attached hydrogens (tertiary/aromatic N) is 1. The molecule has 1 saturated heterocycles. The van der Waals surface area contributed by atoms with E-state index in [2.05, 4.69) is 63.9 Å². The Kier molecular flexibility index (Phi) is 3.22. The molecule has 0 amide bonds. The first-order valence-corrected chi connectivity index (χ1v) is 8.06. The van der Waals surface area contributed by atoms with E-state index in [1.165, 1.54) is 15.6 Å². The van der Waals surface area contributed by atoms with E-state index >= 15 is 0 Å². The minimum atomic E-state index is 0.344. The summed E-state index contributed by atoms with van der Waals surface area (Å²) in [6, 6.07) is 4.78. The molecule has 104 valence electrons. The van der Waals surface area contributed by atoms with Gasteiger partial charge in [-0.3, -0.25) is 4.90 Å². The van der Waals surface area contributed by atoms with E-state index in [1.807, 2.05) is 0 Å². The van der Waals surface area contributed by atoms with Crippen molar-refractivity contribution in [1.82, 2.24) is 4.90 Å². The lowest BCUT2D eigenvalue weighted by Crippen LogP contribution is -2.31. The van der Waals surface area contributed by atoms with Crippen LogP contribution in [0.5, 0.6) is 11.5 Å². The highest BCUT2D eigenvalue weighted by molar-refractivity contribution is 14.1. The zero-order chi connectivity index (χ0) is 13.5. The zero-order valence-electron chi connectivity index (χ0n) is 11.1. The number of rotatable bonds is 2. The Hall–Kier alpha value is -1.01. The number of fused-ring (bicyclic) bond motifs is 2. The van der Waals surface area contributed by atoms with Crippen LogP contribution in [-0.2, 0) is 6.54 Å². The van der Waals surface area contributed by atoms with Gasteiger partial charge in [-0.25, -0.2) is 0 Å². The lowest BCUT2D eigenvalue weighted by Gasteiger charge is -2.26. The Labute approximate surface area is 132 Å². The fourth-order valence-electron chi connectivity index (χ4n) is 3.25. The number of ether oxygens (including phenoxy) is 2. The summed E-state index contributed by atoms with van der Waals surface area (Å²) in [6.07, 6.45) is 10.3. The number of allylic oxidation sites excluding steroid dienone is 2. The first kappa shape index (κ1) is 12.7. The van der Waals surface area contributed by atoms with Gasteiger partial charge in [-0.15, -0.1) is 0 Å². The molecule has 4 heteroatoms. The molecule has 2 atom stereocenters. The molecule has 2 heterocycles. The second kappa shape index (κ2) is 5.07. The molecule has 0 unspecified atom stereocenters. The molecule has 1 aromatic rings. The minimum Gasteiger partial charge on any atom is -0.454 e. The highest BCUT2D eigenvalue weighted by Gasteiger charge is 2.32. The molecular weight excluding hydrogens is 365 g/mol. The summed E-state index contributed by atoms with van der Waals surface area (Å²) in [5.41, 5.74) is 1.33. The molecule has 0 bridgehead atoms. The first-order valence-electron chi connectivity index (χ1n) is 6.98. The summed E-state index contributed by atoms with van der Waals surface area (Å²) >= 11 is 2.39. The Morgan fingerprint density at radius 1 is 1.15 bits per heavy atom. The summed E-state index contributed by atoms with van der Waals surface area (Å²) in [5, 5.41) is 0. The summed E-state index contributed by atoms with van der Waals surface area (Å²) in [6.45, 7) is 2.49. The van der Waals surface area contributed by atoms with E-state index in [-0.39, 0.29) is 0 Å². The van der Waals surface area contributed by atoms with Gasteiger partial charge in [0, 0.05) is 16.2 Å². The second-order valence-corrected chi connectivity index (χ2v) is 6.64. The average molecular weight is 381 g/mol. The highest BCUT2D eigenvalue weighted by Crippen LogP contribution is 2.37. The van der Waals surface area contributed by atoms with Crippen LogP contribution in [0.1, 0.15) is 12.0 Å². The van der Waals surface area contributed by atoms with Gasteiger partial charge >= 0.3 is 0 Å². The van der Waals surface area contributed by atoms with Crippen molar-refractivity contribution in [3.05, 3.63) is 45.6 Å². The molecule has 1 aromatic carbocycles. The Morgan fingerprint density at radius 2 is 1.95 bits per heavy atom. The third-order valence-corrected chi connectivity index (χ3v) is 5.31. The lowest BCUT2D eigenvalue weighted by atomic mass is 9.96. The maximum Gasteiger partial charge on any atom is 0.231 e. The van der Waals surface area contributed by atoms with Crippen molar-refractivity contribution in [3.8, 4) is 11.5 Å². The van der Waals surface area contributed by atoms with Crippen LogP contribution in [0.3, 0.4) is 0 Å². The topological polar surface area (TPSA) is 21.7 Å². The standard InChI is InChI=1S/C16H16INO2/c17-13-8-16-15(19-10-20-16)7-12(13)9-18-6-5-11-3-1-2-4-14(11)18/h1-4,7-8,11,14H,5-6,9-10H2/t11-,14-/m1/s1. The molecule has 0 spiro atoms. The first-order chi connectivity index (χ1) is 9.81. The van der Waals surface area contributed by atoms with Crippen LogP contribution in [0, 0.1) is 9.49 Å². The molecule has 3 nitrogen and oxygen atoms in total. The number of benzene rings is 1. The van der Waals surface area contributed by atoms with Gasteiger partial charge in [0.1, 0.15) is 0 Å². The molecule has 0 radical (unpaired) electrons. The number of hydrogen-bond donors (Lipinski definition) is 0. The van der Waals surface area contributed by atoms with Crippen molar-refractivity contribution in [2.24, 2.45) is 5.92 Å². The van der Waals surface area contributed by atoms with E-state index in [4.69, 9.17) is 9.47 Å². The summed E-state index contributed by atoms with van der Waals surface area (Å²) in [4.78, 5) is 2.56. The van der Waals surface area contributed by atoms with E-state index in [0.717, 1.165) is 24.6 Å². The van der Waals surface area contributed by atoms with Crippen LogP contribution in [0.25, 0.3) is 0 Å². The molecular formula is C16H16INO2. The van der Waals surface area contributed by atoms with Crippen molar-refractivity contribution in [3.63, 3.8) is 0 Å². The Bertz CT molecular complexity index is 596. The minimum absolute atomic E-state index is 0.344. The molecule has 1 fully saturated rings. The van der Waals surface area contributed by atoms with E-state index in [0.29, 0.717) is 18.8 Å². The zero-order valence-corrected chi connectivity index (χ0v) is 13.2. The smallest absolute Gasteiger partial charge is 0.231 e. The van der Waals surface area contributed by atoms with Crippen molar-refractivity contribution < 1.29 is 9.47 Å². The lowest BCUT2D eigenvalue weighted by molar-refractivity contribution is 0.174. The van der Waals surface area contributed by atoms with Crippen LogP contribution in [0.2, 0.25) is 0 Å². The number of hydrogen-bond acceptors (Lipinski definition) is 3. The SMILES string of the molecule is Ic1cc2c(cc1CN1CC[C@H]3C=CC=C[C@H]31)OCO2. The van der Waals surface area contributed by atoms with E-state index < -0.39 is 0 Å². The number of halogens is 1. The van der Waals surface area contributed by atoms with E-state index in [1.54, 1.807) is 0 Å². The van der Waals surface area contributed by atoms with Crippen LogP contribution >= 0.6 is 22.6 Å². The molecule has 3 aliphatic rings. The summed E-state index contributed by atoms with van der Waals surface area (Å²) in [7, 11) is 0. The van der Waals surface area contributed by atoms with Gasteiger partial charge in [-0.05, 0) is 59.2 Å². The predicted octanol–water partition coefficient (Wildman–Crippen LogP) is 3.34. The van der Waals surface area contributed by atoms with Gasteiger partial charge < -0.3 is 9.47 Å². The van der Waals surface area contributed by atoms with Gasteiger partial charge in [0.05, 0.1) is 0 Å².